The Labute approximate surface area is 198 Å². The summed E-state index contributed by atoms with van der Waals surface area (Å²) in [4.78, 5) is 28.9. The number of rotatable bonds is 6. The van der Waals surface area contributed by atoms with Gasteiger partial charge in [0.05, 0.1) is 12.1 Å². The van der Waals surface area contributed by atoms with Crippen LogP contribution >= 0.6 is 12.6 Å². The highest BCUT2D eigenvalue weighted by atomic mass is 32.1. The average Bonchev–Trinajstić information content (AvgIpc) is 3.10. The van der Waals surface area contributed by atoms with E-state index >= 15 is 0 Å². The van der Waals surface area contributed by atoms with Crippen molar-refractivity contribution in [3.05, 3.63) is 41.5 Å². The predicted octanol–water partition coefficient (Wildman–Crippen LogP) is 3.36. The number of benzene rings is 1. The highest BCUT2D eigenvalue weighted by Gasteiger charge is 2.44. The molecule has 7 heteroatoms. The van der Waals surface area contributed by atoms with Crippen LogP contribution in [0.5, 0.6) is 0 Å². The second-order valence-corrected chi connectivity index (χ2v) is 11.2. The molecule has 32 heavy (non-hydrogen) atoms. The summed E-state index contributed by atoms with van der Waals surface area (Å²) in [7, 11) is 0. The fraction of sp³-hybridized carbons (Fsp3) is 0.600. The number of β-amino-alcohol motifs (C(OH)–C–C–N with tert-alkyl or cyclic N) is 1. The first-order valence-corrected chi connectivity index (χ1v) is 11.7. The first-order valence-electron chi connectivity index (χ1n) is 11.2. The van der Waals surface area contributed by atoms with E-state index in [1.54, 1.807) is 0 Å². The van der Waals surface area contributed by atoms with Crippen molar-refractivity contribution in [1.82, 2.24) is 15.5 Å². The number of aliphatic hydroxyl groups is 1. The second-order valence-electron chi connectivity index (χ2n) is 10.7. The van der Waals surface area contributed by atoms with Gasteiger partial charge in [0, 0.05) is 30.0 Å². The van der Waals surface area contributed by atoms with Crippen molar-refractivity contribution >= 4 is 29.3 Å². The lowest BCUT2D eigenvalue weighted by atomic mass is 9.84. The van der Waals surface area contributed by atoms with E-state index < -0.39 is 18.2 Å². The quantitative estimate of drug-likeness (QED) is 0.490. The van der Waals surface area contributed by atoms with Crippen LogP contribution in [0.25, 0.3) is 4.91 Å². The molecule has 0 aliphatic carbocycles. The van der Waals surface area contributed by atoms with Crippen molar-refractivity contribution in [3.63, 3.8) is 0 Å². The van der Waals surface area contributed by atoms with Gasteiger partial charge in [-0.25, -0.2) is 0 Å². The van der Waals surface area contributed by atoms with Gasteiger partial charge in [0.2, 0.25) is 11.8 Å². The number of aliphatic hydroxyl groups excluding tert-OH is 1. The minimum atomic E-state index is -0.709. The largest absolute Gasteiger partial charge is 0.391 e. The van der Waals surface area contributed by atoms with E-state index in [1.807, 2.05) is 78.8 Å². The number of carbonyl (C=O) groups is 2. The van der Waals surface area contributed by atoms with E-state index in [0.29, 0.717) is 6.54 Å². The van der Waals surface area contributed by atoms with Crippen molar-refractivity contribution in [3.8, 4) is 0 Å². The smallest absolute Gasteiger partial charge is 0.243 e. The van der Waals surface area contributed by atoms with E-state index in [2.05, 4.69) is 23.3 Å². The number of likely N-dealkylation sites (tertiary alicyclic amines) is 1. The molecule has 3 atom stereocenters. The van der Waals surface area contributed by atoms with Crippen LogP contribution in [0.1, 0.15) is 66.0 Å². The molecular formula is C25H39N3O3S. The lowest BCUT2D eigenvalue weighted by molar-refractivity contribution is -0.142. The first kappa shape index (κ1) is 26.4. The van der Waals surface area contributed by atoms with Gasteiger partial charge in [0.1, 0.15) is 6.04 Å². The molecule has 2 rings (SSSR count). The summed E-state index contributed by atoms with van der Waals surface area (Å²) in [5, 5.41) is 16.6. The number of amides is 2. The van der Waals surface area contributed by atoms with Crippen molar-refractivity contribution in [2.75, 3.05) is 6.54 Å². The summed E-state index contributed by atoms with van der Waals surface area (Å²) in [6, 6.07) is 6.67. The van der Waals surface area contributed by atoms with Gasteiger partial charge in [-0.05, 0) is 44.2 Å². The van der Waals surface area contributed by atoms with Crippen LogP contribution in [-0.2, 0) is 16.1 Å². The summed E-state index contributed by atoms with van der Waals surface area (Å²) >= 11 is 4.42. The van der Waals surface area contributed by atoms with Crippen molar-refractivity contribution < 1.29 is 14.7 Å². The molecule has 0 aromatic heterocycles. The van der Waals surface area contributed by atoms with Gasteiger partial charge in [0.15, 0.2) is 0 Å². The summed E-state index contributed by atoms with van der Waals surface area (Å²) in [6.07, 6.45) is 1.46. The Morgan fingerprint density at radius 1 is 1.19 bits per heavy atom. The minimum Gasteiger partial charge on any atom is -0.391 e. The van der Waals surface area contributed by atoms with E-state index in [-0.39, 0.29) is 35.7 Å². The molecule has 1 aromatic rings. The Kier molecular flexibility index (Phi) is 8.59. The van der Waals surface area contributed by atoms with Crippen molar-refractivity contribution in [1.29, 1.82) is 0 Å². The van der Waals surface area contributed by atoms with Gasteiger partial charge in [-0.2, -0.15) is 0 Å². The van der Waals surface area contributed by atoms with E-state index in [9.17, 15) is 14.7 Å². The Morgan fingerprint density at radius 2 is 1.78 bits per heavy atom. The summed E-state index contributed by atoms with van der Waals surface area (Å²) in [5.74, 6) is -0.396. The zero-order valence-electron chi connectivity index (χ0n) is 20.4. The highest BCUT2D eigenvalue weighted by molar-refractivity contribution is 7.90. The van der Waals surface area contributed by atoms with Crippen LogP contribution in [0.2, 0.25) is 0 Å². The SMILES string of the molecule is C/C=C(/S)c1ccc(CNC(=O)[C@@H]2C[C@@H](O)CN2C(=O)[C@@H](NC(C)(C)C)C(C)(C)C)cc1. The Morgan fingerprint density at radius 3 is 2.28 bits per heavy atom. The lowest BCUT2D eigenvalue weighted by Gasteiger charge is -2.39. The van der Waals surface area contributed by atoms with Gasteiger partial charge in [-0.15, -0.1) is 12.6 Å². The third-order valence-electron chi connectivity index (χ3n) is 5.54. The number of hydrogen-bond donors (Lipinski definition) is 4. The Hall–Kier alpha value is -1.83. The van der Waals surface area contributed by atoms with Crippen LogP contribution < -0.4 is 10.6 Å². The van der Waals surface area contributed by atoms with E-state index in [0.717, 1.165) is 16.0 Å². The third kappa shape index (κ3) is 7.09. The molecule has 0 spiro atoms. The summed E-state index contributed by atoms with van der Waals surface area (Å²) in [5.41, 5.74) is 1.36. The topological polar surface area (TPSA) is 81.7 Å². The molecule has 6 nitrogen and oxygen atoms in total. The van der Waals surface area contributed by atoms with Crippen molar-refractivity contribution in [2.45, 2.75) is 85.2 Å². The van der Waals surface area contributed by atoms with Gasteiger partial charge < -0.3 is 20.6 Å². The molecule has 1 heterocycles. The zero-order chi connectivity index (χ0) is 24.3. The van der Waals surface area contributed by atoms with Gasteiger partial charge in [-0.3, -0.25) is 9.59 Å². The number of allylic oxidation sites excluding steroid dienone is 1. The molecule has 2 amide bonds. The maximum Gasteiger partial charge on any atom is 0.243 e. The third-order valence-corrected chi connectivity index (χ3v) is 6.06. The molecule has 1 fully saturated rings. The summed E-state index contributed by atoms with van der Waals surface area (Å²) < 4.78 is 0. The standard InChI is InChI=1S/C25H39N3O3S/c1-8-20(32)17-11-9-16(10-12-17)14-26-22(30)19-13-18(29)15-28(19)23(31)21(24(2,3)4)27-25(5,6)7/h8-12,18-19,21,27,29,32H,13-15H2,1-7H3,(H,26,30)/b20-8+/t18-,19+,21-/m1/s1. The summed E-state index contributed by atoms with van der Waals surface area (Å²) in [6.45, 7) is 14.5. The fourth-order valence-electron chi connectivity index (χ4n) is 3.82. The lowest BCUT2D eigenvalue weighted by Crippen LogP contribution is -2.60. The molecule has 1 aromatic carbocycles. The predicted molar refractivity (Wildman–Crippen MR) is 133 cm³/mol. The number of nitrogens with zero attached hydrogens (tertiary/aromatic N) is 1. The number of carbonyl (C=O) groups excluding carboxylic acids is 2. The molecule has 3 N–H and O–H groups in total. The molecule has 0 unspecified atom stereocenters. The fourth-order valence-corrected chi connectivity index (χ4v) is 3.97. The Balaban J connectivity index is 2.11. The van der Waals surface area contributed by atoms with E-state index in [1.165, 1.54) is 4.90 Å². The molecule has 0 radical (unpaired) electrons. The normalized spacial score (nSPS) is 20.9. The number of hydrogen-bond acceptors (Lipinski definition) is 5. The second kappa shape index (κ2) is 10.4. The molecule has 1 aliphatic heterocycles. The molecule has 1 aliphatic rings. The Bertz CT molecular complexity index is 837. The van der Waals surface area contributed by atoms with Crippen LogP contribution in [0, 0.1) is 5.41 Å². The molecule has 0 saturated carbocycles. The monoisotopic (exact) mass is 461 g/mol. The van der Waals surface area contributed by atoms with Crippen LogP contribution in [-0.4, -0.2) is 52.1 Å². The van der Waals surface area contributed by atoms with Crippen molar-refractivity contribution in [2.24, 2.45) is 5.41 Å². The van der Waals surface area contributed by atoms with E-state index in [4.69, 9.17) is 0 Å². The zero-order valence-corrected chi connectivity index (χ0v) is 21.3. The van der Waals surface area contributed by atoms with Gasteiger partial charge in [-0.1, -0.05) is 51.1 Å². The average molecular weight is 462 g/mol. The maximum atomic E-state index is 13.5. The molecule has 178 valence electrons. The molecule has 0 bridgehead atoms. The number of thiol groups is 1. The molecular weight excluding hydrogens is 422 g/mol. The van der Waals surface area contributed by atoms with Crippen LogP contribution in [0.4, 0.5) is 0 Å². The first-order chi connectivity index (χ1) is 14.7. The minimum absolute atomic E-state index is 0.152. The molecule has 1 saturated heterocycles. The highest BCUT2D eigenvalue weighted by Crippen LogP contribution is 2.27. The van der Waals surface area contributed by atoms with Gasteiger partial charge >= 0.3 is 0 Å². The van der Waals surface area contributed by atoms with Gasteiger partial charge in [0.25, 0.3) is 0 Å². The van der Waals surface area contributed by atoms with Crippen LogP contribution in [0.3, 0.4) is 0 Å². The number of nitrogens with one attached hydrogen (secondary N) is 2. The maximum absolute atomic E-state index is 13.5. The van der Waals surface area contributed by atoms with Crippen LogP contribution in [0.15, 0.2) is 30.3 Å².